The van der Waals surface area contributed by atoms with Crippen molar-refractivity contribution >= 4 is 34.8 Å². The molecule has 31 heavy (non-hydrogen) atoms. The predicted molar refractivity (Wildman–Crippen MR) is 127 cm³/mol. The Kier molecular flexibility index (Phi) is 8.73. The van der Waals surface area contributed by atoms with E-state index in [9.17, 15) is 0 Å². The fourth-order valence-corrected chi connectivity index (χ4v) is 3.86. The molecule has 0 aliphatic heterocycles. The van der Waals surface area contributed by atoms with E-state index in [1.54, 1.807) is 19.2 Å². The largest absolute Gasteiger partial charge is 0.496 e. The quantitative estimate of drug-likeness (QED) is 0.342. The maximum Gasteiger partial charge on any atom is 0.180 e. The first kappa shape index (κ1) is 23.6. The molecular formula is C24H24Cl3NO3. The summed E-state index contributed by atoms with van der Waals surface area (Å²) in [4.78, 5) is 0. The Labute approximate surface area is 198 Å². The second kappa shape index (κ2) is 11.5. The highest BCUT2D eigenvalue weighted by molar-refractivity contribution is 6.35. The van der Waals surface area contributed by atoms with Crippen molar-refractivity contribution < 1.29 is 14.2 Å². The molecule has 3 rings (SSSR count). The van der Waals surface area contributed by atoms with Crippen molar-refractivity contribution in [1.29, 1.82) is 0 Å². The Balaban J connectivity index is 1.70. The Hall–Kier alpha value is -2.11. The summed E-state index contributed by atoms with van der Waals surface area (Å²) < 4.78 is 17.1. The number of hydrogen-bond donors (Lipinski definition) is 1. The van der Waals surface area contributed by atoms with Gasteiger partial charge in [0.25, 0.3) is 0 Å². The number of benzene rings is 3. The van der Waals surface area contributed by atoms with E-state index < -0.39 is 0 Å². The number of para-hydroxylation sites is 1. The summed E-state index contributed by atoms with van der Waals surface area (Å²) in [5, 5.41) is 5.01. The maximum absolute atomic E-state index is 6.54. The highest BCUT2D eigenvalue weighted by Gasteiger charge is 2.14. The molecule has 0 aromatic heterocycles. The van der Waals surface area contributed by atoms with Gasteiger partial charge in [-0.1, -0.05) is 59.1 Å². The Bertz CT molecular complexity index is 1030. The first-order chi connectivity index (χ1) is 15.0. The summed E-state index contributed by atoms with van der Waals surface area (Å²) in [6.45, 7) is 3.94. The first-order valence-corrected chi connectivity index (χ1v) is 11.0. The van der Waals surface area contributed by atoms with E-state index in [1.807, 2.05) is 49.4 Å². The SMILES string of the molecule is CCOc1cc(CNCc2ccccc2OC)cc(Cl)c1OCc1ccc(Cl)cc1Cl. The average molecular weight is 481 g/mol. The molecular weight excluding hydrogens is 457 g/mol. The summed E-state index contributed by atoms with van der Waals surface area (Å²) in [6.07, 6.45) is 0. The first-order valence-electron chi connectivity index (χ1n) is 9.86. The summed E-state index contributed by atoms with van der Waals surface area (Å²) in [5.74, 6) is 1.94. The van der Waals surface area contributed by atoms with Gasteiger partial charge in [0.2, 0.25) is 0 Å². The van der Waals surface area contributed by atoms with E-state index in [-0.39, 0.29) is 6.61 Å². The van der Waals surface area contributed by atoms with Crippen LogP contribution in [0.2, 0.25) is 15.1 Å². The van der Waals surface area contributed by atoms with Gasteiger partial charge in [-0.15, -0.1) is 0 Å². The molecule has 0 saturated heterocycles. The van der Waals surface area contributed by atoms with Gasteiger partial charge in [-0.2, -0.15) is 0 Å². The van der Waals surface area contributed by atoms with Crippen LogP contribution in [0.3, 0.4) is 0 Å². The van der Waals surface area contributed by atoms with Gasteiger partial charge in [0.05, 0.1) is 18.7 Å². The van der Waals surface area contributed by atoms with Gasteiger partial charge in [-0.3, -0.25) is 0 Å². The zero-order valence-electron chi connectivity index (χ0n) is 17.4. The van der Waals surface area contributed by atoms with Gasteiger partial charge in [-0.25, -0.2) is 0 Å². The van der Waals surface area contributed by atoms with Gasteiger partial charge in [-0.05, 0) is 42.8 Å². The zero-order valence-corrected chi connectivity index (χ0v) is 19.7. The van der Waals surface area contributed by atoms with Crippen molar-refractivity contribution in [2.24, 2.45) is 0 Å². The van der Waals surface area contributed by atoms with Gasteiger partial charge >= 0.3 is 0 Å². The molecule has 0 aliphatic carbocycles. The van der Waals surface area contributed by atoms with Gasteiger partial charge in [0.1, 0.15) is 12.4 Å². The van der Waals surface area contributed by atoms with Gasteiger partial charge in [0, 0.05) is 34.3 Å². The van der Waals surface area contributed by atoms with E-state index in [0.717, 1.165) is 22.4 Å². The molecule has 3 aromatic rings. The van der Waals surface area contributed by atoms with Gasteiger partial charge < -0.3 is 19.5 Å². The molecule has 4 nitrogen and oxygen atoms in total. The van der Waals surface area contributed by atoms with E-state index in [4.69, 9.17) is 49.0 Å². The minimum atomic E-state index is 0.251. The third-order valence-electron chi connectivity index (χ3n) is 4.59. The zero-order chi connectivity index (χ0) is 22.2. The number of hydrogen-bond acceptors (Lipinski definition) is 4. The topological polar surface area (TPSA) is 39.7 Å². The number of nitrogens with one attached hydrogen (secondary N) is 1. The number of ether oxygens (including phenoxy) is 3. The van der Waals surface area contributed by atoms with Crippen molar-refractivity contribution in [1.82, 2.24) is 5.32 Å². The number of halogens is 3. The Morgan fingerprint density at radius 1 is 0.806 bits per heavy atom. The number of methoxy groups -OCH3 is 1. The van der Waals surface area contributed by atoms with E-state index in [2.05, 4.69) is 5.32 Å². The van der Waals surface area contributed by atoms with E-state index in [0.29, 0.717) is 46.3 Å². The molecule has 164 valence electrons. The van der Waals surface area contributed by atoms with E-state index in [1.165, 1.54) is 0 Å². The molecule has 0 unspecified atom stereocenters. The Morgan fingerprint density at radius 2 is 1.61 bits per heavy atom. The molecule has 0 atom stereocenters. The van der Waals surface area contributed by atoms with Crippen LogP contribution in [0.15, 0.2) is 54.6 Å². The molecule has 0 aliphatic rings. The lowest BCUT2D eigenvalue weighted by atomic mass is 10.1. The molecule has 0 heterocycles. The molecule has 1 N–H and O–H groups in total. The highest BCUT2D eigenvalue weighted by atomic mass is 35.5. The molecule has 0 spiro atoms. The van der Waals surface area contributed by atoms with E-state index >= 15 is 0 Å². The lowest BCUT2D eigenvalue weighted by molar-refractivity contribution is 0.269. The van der Waals surface area contributed by atoms with Crippen LogP contribution in [0, 0.1) is 0 Å². The smallest absolute Gasteiger partial charge is 0.180 e. The summed E-state index contributed by atoms with van der Waals surface area (Å²) in [7, 11) is 1.67. The van der Waals surface area contributed by atoms with Crippen LogP contribution in [0.25, 0.3) is 0 Å². The van der Waals surface area contributed by atoms with Crippen molar-refractivity contribution in [2.75, 3.05) is 13.7 Å². The van der Waals surface area contributed by atoms with Crippen LogP contribution in [-0.4, -0.2) is 13.7 Å². The highest BCUT2D eigenvalue weighted by Crippen LogP contribution is 2.38. The standard InChI is InChI=1S/C24H24Cl3NO3/c1-3-30-23-11-16(13-28-14-17-6-4-5-7-22(17)29-2)10-21(27)24(23)31-15-18-8-9-19(25)12-20(18)26/h4-12,28H,3,13-15H2,1-2H3. The molecule has 0 saturated carbocycles. The van der Waals surface area contributed by atoms with Crippen LogP contribution < -0.4 is 19.5 Å². The molecule has 0 bridgehead atoms. The lowest BCUT2D eigenvalue weighted by Crippen LogP contribution is -2.13. The Morgan fingerprint density at radius 3 is 2.35 bits per heavy atom. The van der Waals surface area contributed by atoms with Crippen LogP contribution in [0.5, 0.6) is 17.2 Å². The fraction of sp³-hybridized carbons (Fsp3) is 0.250. The summed E-state index contributed by atoms with van der Waals surface area (Å²) in [5.41, 5.74) is 2.88. The second-order valence-electron chi connectivity index (χ2n) is 6.78. The van der Waals surface area contributed by atoms with Crippen LogP contribution in [0.1, 0.15) is 23.6 Å². The third kappa shape index (κ3) is 6.44. The maximum atomic E-state index is 6.54. The molecule has 0 fully saturated rings. The lowest BCUT2D eigenvalue weighted by Gasteiger charge is -2.16. The van der Waals surface area contributed by atoms with Gasteiger partial charge in [0.15, 0.2) is 11.5 Å². The minimum absolute atomic E-state index is 0.251. The summed E-state index contributed by atoms with van der Waals surface area (Å²) in [6, 6.07) is 17.0. The predicted octanol–water partition coefficient (Wildman–Crippen LogP) is 6.92. The normalized spacial score (nSPS) is 10.7. The number of rotatable bonds is 10. The summed E-state index contributed by atoms with van der Waals surface area (Å²) >= 11 is 18.7. The van der Waals surface area contributed by atoms with Crippen molar-refractivity contribution in [3.63, 3.8) is 0 Å². The molecule has 0 amide bonds. The molecule has 3 aromatic carbocycles. The monoisotopic (exact) mass is 479 g/mol. The third-order valence-corrected chi connectivity index (χ3v) is 5.46. The minimum Gasteiger partial charge on any atom is -0.496 e. The fourth-order valence-electron chi connectivity index (χ4n) is 3.11. The average Bonchev–Trinajstić information content (AvgIpc) is 2.75. The van der Waals surface area contributed by atoms with Crippen molar-refractivity contribution in [3.05, 3.63) is 86.4 Å². The molecule has 0 radical (unpaired) electrons. The van der Waals surface area contributed by atoms with Crippen LogP contribution in [-0.2, 0) is 19.7 Å². The van der Waals surface area contributed by atoms with Crippen molar-refractivity contribution in [2.45, 2.75) is 26.6 Å². The van der Waals surface area contributed by atoms with Crippen LogP contribution >= 0.6 is 34.8 Å². The van der Waals surface area contributed by atoms with Crippen LogP contribution in [0.4, 0.5) is 0 Å². The van der Waals surface area contributed by atoms with Crippen molar-refractivity contribution in [3.8, 4) is 17.2 Å². The second-order valence-corrected chi connectivity index (χ2v) is 8.03. The molecule has 7 heteroatoms.